The summed E-state index contributed by atoms with van der Waals surface area (Å²) in [7, 11) is 1.94. The van der Waals surface area contributed by atoms with Crippen molar-refractivity contribution in [3.05, 3.63) is 47.8 Å². The first-order valence-corrected chi connectivity index (χ1v) is 4.60. The van der Waals surface area contributed by atoms with Crippen molar-refractivity contribution in [1.82, 2.24) is 4.57 Å². The van der Waals surface area contributed by atoms with Crippen LogP contribution in [-0.4, -0.2) is 4.57 Å². The van der Waals surface area contributed by atoms with Crippen molar-refractivity contribution < 1.29 is 18.9 Å². The van der Waals surface area contributed by atoms with Crippen LogP contribution in [0.4, 0.5) is 0 Å². The van der Waals surface area contributed by atoms with Crippen LogP contribution in [0.15, 0.2) is 36.5 Å². The van der Waals surface area contributed by atoms with Crippen molar-refractivity contribution >= 4 is 16.6 Å². The number of hydrogen-bond acceptors (Lipinski definition) is 1. The van der Waals surface area contributed by atoms with Gasteiger partial charge in [0, 0.05) is 30.2 Å². The zero-order chi connectivity index (χ0) is 10.8. The summed E-state index contributed by atoms with van der Waals surface area (Å²) in [6.45, 7) is 0. The van der Waals surface area contributed by atoms with Gasteiger partial charge in [-0.1, -0.05) is 18.2 Å². The smallest absolute Gasteiger partial charge is 0.698 e. The molecule has 16 heavy (non-hydrogen) atoms. The van der Waals surface area contributed by atoms with E-state index in [2.05, 4.69) is 0 Å². The first-order chi connectivity index (χ1) is 7.24. The van der Waals surface area contributed by atoms with Gasteiger partial charge in [-0.3, -0.25) is 0 Å². The first kappa shape index (κ1) is 12.5. The second kappa shape index (κ2) is 4.94. The molecule has 1 N–H and O–H groups in total. The Kier molecular flexibility index (Phi) is 3.85. The molecule has 0 spiro atoms. The van der Waals surface area contributed by atoms with Gasteiger partial charge in [-0.2, -0.15) is 5.26 Å². The van der Waals surface area contributed by atoms with Crippen molar-refractivity contribution in [1.29, 1.82) is 5.26 Å². The molecule has 0 unspecified atom stereocenters. The molecule has 0 radical (unpaired) electrons. The normalized spacial score (nSPS) is 10.9. The van der Waals surface area contributed by atoms with E-state index in [-0.39, 0.29) is 24.6 Å². The molecule has 74 valence electrons. The van der Waals surface area contributed by atoms with Crippen molar-refractivity contribution in [3.8, 4) is 6.07 Å². The van der Waals surface area contributed by atoms with Gasteiger partial charge in [0.25, 0.3) is 0 Å². The fraction of sp³-hybridized carbons (Fsp3) is 0.0833. The van der Waals surface area contributed by atoms with E-state index in [4.69, 9.17) is 11.0 Å². The van der Waals surface area contributed by atoms with Crippen LogP contribution in [0.1, 0.15) is 5.56 Å². The second-order valence-corrected chi connectivity index (χ2v) is 3.36. The predicted octanol–water partition coefficient (Wildman–Crippen LogP) is 0.0990. The number of nitriles is 1. The zero-order valence-electron chi connectivity index (χ0n) is 9.36. The summed E-state index contributed by atoms with van der Waals surface area (Å²) in [4.78, 5) is 0. The van der Waals surface area contributed by atoms with E-state index in [9.17, 15) is 0 Å². The Morgan fingerprint density at radius 3 is 2.81 bits per heavy atom. The summed E-state index contributed by atoms with van der Waals surface area (Å²) in [6.07, 6.45) is 3.13. The van der Waals surface area contributed by atoms with Gasteiger partial charge in [0.1, 0.15) is 0 Å². The number of benzene rings is 1. The van der Waals surface area contributed by atoms with E-state index in [1.807, 2.05) is 48.1 Å². The third kappa shape index (κ3) is 1.99. The molecular formula is C12H10LiN3. The van der Waals surface area contributed by atoms with Crippen molar-refractivity contribution in [2.24, 2.45) is 7.05 Å². The molecule has 4 heteroatoms. The first-order valence-electron chi connectivity index (χ1n) is 4.60. The molecule has 0 fully saturated rings. The Labute approximate surface area is 106 Å². The van der Waals surface area contributed by atoms with E-state index in [1.165, 1.54) is 6.08 Å². The Bertz CT molecular complexity index is 575. The van der Waals surface area contributed by atoms with Gasteiger partial charge < -0.3 is 10.3 Å². The standard InChI is InChI=1S/C12H10N3.Li/c1-15-8-10(11(14)6-7-13)9-4-2-3-5-12(9)15;/h2-6,8,14H,1H3;/q-1;+1/b11-6+;. The van der Waals surface area contributed by atoms with Gasteiger partial charge >= 0.3 is 18.9 Å². The van der Waals surface area contributed by atoms with Gasteiger partial charge in [-0.05, 0) is 11.6 Å². The maximum absolute atomic E-state index is 8.52. The number of hydrogen-bond donors (Lipinski definition) is 0. The monoisotopic (exact) mass is 203 g/mol. The number of aryl methyl sites for hydroxylation is 1. The number of nitrogens with one attached hydrogen (secondary N) is 1. The largest absolute Gasteiger partial charge is 1.00 e. The van der Waals surface area contributed by atoms with E-state index in [0.29, 0.717) is 0 Å². The Morgan fingerprint density at radius 1 is 1.44 bits per heavy atom. The fourth-order valence-electron chi connectivity index (χ4n) is 1.70. The van der Waals surface area contributed by atoms with Gasteiger partial charge in [-0.25, -0.2) is 0 Å². The maximum Gasteiger partial charge on any atom is 1.00 e. The molecule has 0 aliphatic carbocycles. The maximum atomic E-state index is 8.52. The average Bonchev–Trinajstić information content (AvgIpc) is 2.58. The third-order valence-electron chi connectivity index (χ3n) is 2.40. The topological polar surface area (TPSA) is 52.5 Å². The van der Waals surface area contributed by atoms with E-state index in [0.717, 1.165) is 16.5 Å². The van der Waals surface area contributed by atoms with Crippen molar-refractivity contribution in [2.45, 2.75) is 0 Å². The van der Waals surface area contributed by atoms with Crippen molar-refractivity contribution in [3.63, 3.8) is 0 Å². The SMILES string of the molecule is Cn1cc(/C([NH-])=C\C#N)c2ccccc21.[Li+]. The van der Waals surface area contributed by atoms with Gasteiger partial charge in [-0.15, -0.1) is 5.70 Å². The Morgan fingerprint density at radius 2 is 2.12 bits per heavy atom. The summed E-state index contributed by atoms with van der Waals surface area (Å²) in [5.41, 5.74) is 9.87. The minimum absolute atomic E-state index is 0. The van der Waals surface area contributed by atoms with E-state index < -0.39 is 0 Å². The quantitative estimate of drug-likeness (QED) is 0.479. The molecule has 1 aromatic carbocycles. The summed E-state index contributed by atoms with van der Waals surface area (Å²) < 4.78 is 1.96. The van der Waals surface area contributed by atoms with E-state index in [1.54, 1.807) is 0 Å². The molecule has 1 aromatic heterocycles. The molecule has 0 saturated heterocycles. The number of nitrogens with zero attached hydrogens (tertiary/aromatic N) is 2. The zero-order valence-corrected chi connectivity index (χ0v) is 9.36. The molecule has 0 saturated carbocycles. The predicted molar refractivity (Wildman–Crippen MR) is 60.8 cm³/mol. The fourth-order valence-corrected chi connectivity index (χ4v) is 1.70. The van der Waals surface area contributed by atoms with Crippen LogP contribution in [0.3, 0.4) is 0 Å². The molecule has 0 bridgehead atoms. The molecule has 2 rings (SSSR count). The summed E-state index contributed by atoms with van der Waals surface area (Å²) in [6, 6.07) is 9.74. The summed E-state index contributed by atoms with van der Waals surface area (Å²) >= 11 is 0. The van der Waals surface area contributed by atoms with E-state index >= 15 is 0 Å². The second-order valence-electron chi connectivity index (χ2n) is 3.36. The number of aromatic nitrogens is 1. The summed E-state index contributed by atoms with van der Waals surface area (Å²) in [5, 5.41) is 9.53. The molecule has 0 amide bonds. The van der Waals surface area contributed by atoms with Gasteiger partial charge in [0.2, 0.25) is 0 Å². The van der Waals surface area contributed by atoms with Crippen LogP contribution in [0.2, 0.25) is 0 Å². The van der Waals surface area contributed by atoms with Crippen LogP contribution in [0.5, 0.6) is 0 Å². The van der Waals surface area contributed by atoms with Crippen LogP contribution < -0.4 is 18.9 Å². The molecule has 0 atom stereocenters. The average molecular weight is 203 g/mol. The molecular weight excluding hydrogens is 193 g/mol. The van der Waals surface area contributed by atoms with Crippen molar-refractivity contribution in [2.75, 3.05) is 0 Å². The number of para-hydroxylation sites is 1. The van der Waals surface area contributed by atoms with Gasteiger partial charge in [0.05, 0.1) is 6.07 Å². The number of rotatable bonds is 1. The molecule has 1 heterocycles. The van der Waals surface area contributed by atoms with Crippen LogP contribution in [0.25, 0.3) is 22.3 Å². The van der Waals surface area contributed by atoms with Crippen LogP contribution in [-0.2, 0) is 7.05 Å². The Balaban J connectivity index is 0.00000128. The third-order valence-corrected chi connectivity index (χ3v) is 2.40. The molecule has 2 aromatic rings. The minimum atomic E-state index is 0. The molecule has 0 aliphatic heterocycles. The van der Waals surface area contributed by atoms with Crippen LogP contribution in [0, 0.1) is 11.3 Å². The minimum Gasteiger partial charge on any atom is -0.698 e. The number of fused-ring (bicyclic) bond motifs is 1. The Hall–Kier alpha value is -1.61. The van der Waals surface area contributed by atoms with Crippen LogP contribution >= 0.6 is 0 Å². The van der Waals surface area contributed by atoms with Gasteiger partial charge in [0.15, 0.2) is 0 Å². The summed E-state index contributed by atoms with van der Waals surface area (Å²) in [5.74, 6) is 0. The molecule has 0 aliphatic rings. The number of allylic oxidation sites excluding steroid dienone is 1. The molecule has 3 nitrogen and oxygen atoms in total.